The number of rotatable bonds is 3. The second-order valence-electron chi connectivity index (χ2n) is 6.09. The molecule has 22 heavy (non-hydrogen) atoms. The number of hydrogen-bond donors (Lipinski definition) is 2. The van der Waals surface area contributed by atoms with Crippen molar-refractivity contribution in [2.45, 2.75) is 18.3 Å². The van der Waals surface area contributed by atoms with Crippen molar-refractivity contribution in [1.82, 2.24) is 0 Å². The average Bonchev–Trinajstić information content (AvgIpc) is 3.35. The maximum Gasteiger partial charge on any atom is 0.122 e. The van der Waals surface area contributed by atoms with Gasteiger partial charge in [-0.2, -0.15) is 0 Å². The molecule has 3 aromatic rings. The predicted octanol–water partition coefficient (Wildman–Crippen LogP) is 4.39. The maximum absolute atomic E-state index is 7.53. The molecular weight excluding hydrogens is 268 g/mol. The second kappa shape index (κ2) is 4.99. The summed E-state index contributed by atoms with van der Waals surface area (Å²) < 4.78 is 0. The summed E-state index contributed by atoms with van der Waals surface area (Å²) in [5.74, 6) is 1.42. The molecule has 0 bridgehead atoms. The van der Waals surface area contributed by atoms with E-state index in [1.165, 1.54) is 22.9 Å². The fraction of sp³-hybridized carbons (Fsp3) is 0.150. The fourth-order valence-corrected chi connectivity index (χ4v) is 3.29. The third-order valence-electron chi connectivity index (χ3n) is 4.62. The molecule has 0 spiro atoms. The third-order valence-corrected chi connectivity index (χ3v) is 4.62. The van der Waals surface area contributed by atoms with Gasteiger partial charge < -0.3 is 5.73 Å². The first-order valence-corrected chi connectivity index (χ1v) is 7.65. The Hall–Kier alpha value is -2.61. The smallest absolute Gasteiger partial charge is 0.122 e. The van der Waals surface area contributed by atoms with E-state index in [1.807, 2.05) is 12.1 Å². The fourth-order valence-electron chi connectivity index (χ4n) is 3.29. The van der Waals surface area contributed by atoms with Gasteiger partial charge in [0.2, 0.25) is 0 Å². The highest BCUT2D eigenvalue weighted by molar-refractivity contribution is 5.99. The van der Waals surface area contributed by atoms with Crippen LogP contribution in [0.2, 0.25) is 0 Å². The van der Waals surface area contributed by atoms with E-state index >= 15 is 0 Å². The molecule has 0 amide bonds. The van der Waals surface area contributed by atoms with E-state index in [9.17, 15) is 0 Å². The minimum Gasteiger partial charge on any atom is -0.384 e. The van der Waals surface area contributed by atoms with Gasteiger partial charge >= 0.3 is 0 Å². The molecule has 1 aliphatic rings. The molecule has 3 aromatic carbocycles. The molecule has 0 unspecified atom stereocenters. The van der Waals surface area contributed by atoms with Gasteiger partial charge in [0.15, 0.2) is 0 Å². The van der Waals surface area contributed by atoms with Crippen molar-refractivity contribution < 1.29 is 0 Å². The second-order valence-corrected chi connectivity index (χ2v) is 6.09. The molecule has 108 valence electrons. The Morgan fingerprint density at radius 2 is 1.50 bits per heavy atom. The first-order valence-electron chi connectivity index (χ1n) is 7.65. The van der Waals surface area contributed by atoms with Gasteiger partial charge in [-0.15, -0.1) is 0 Å². The molecule has 2 heteroatoms. The molecule has 2 nitrogen and oxygen atoms in total. The van der Waals surface area contributed by atoms with Gasteiger partial charge in [-0.3, -0.25) is 5.41 Å². The molecule has 3 N–H and O–H groups in total. The number of benzene rings is 3. The zero-order valence-electron chi connectivity index (χ0n) is 12.3. The van der Waals surface area contributed by atoms with E-state index < -0.39 is 0 Å². The molecule has 1 fully saturated rings. The van der Waals surface area contributed by atoms with Crippen LogP contribution in [0.25, 0.3) is 10.8 Å². The molecule has 0 saturated heterocycles. The lowest BCUT2D eigenvalue weighted by atomic mass is 10.00. The van der Waals surface area contributed by atoms with Crippen LogP contribution in [0.4, 0.5) is 0 Å². The summed E-state index contributed by atoms with van der Waals surface area (Å²) in [4.78, 5) is 0. The van der Waals surface area contributed by atoms with Gasteiger partial charge in [-0.05, 0) is 46.2 Å². The summed E-state index contributed by atoms with van der Waals surface area (Å²) in [6.07, 6.45) is 1.24. The van der Waals surface area contributed by atoms with Gasteiger partial charge in [-0.25, -0.2) is 0 Å². The molecule has 0 heterocycles. The Morgan fingerprint density at radius 1 is 0.818 bits per heavy atom. The van der Waals surface area contributed by atoms with Gasteiger partial charge in [0, 0.05) is 5.56 Å². The van der Waals surface area contributed by atoms with E-state index in [0.29, 0.717) is 11.8 Å². The van der Waals surface area contributed by atoms with Crippen molar-refractivity contribution in [3.05, 3.63) is 83.4 Å². The number of fused-ring (bicyclic) bond motifs is 1. The summed E-state index contributed by atoms with van der Waals surface area (Å²) in [6, 6.07) is 23.4. The predicted molar refractivity (Wildman–Crippen MR) is 91.5 cm³/mol. The minimum atomic E-state index is 0.123. The van der Waals surface area contributed by atoms with Crippen LogP contribution in [0.15, 0.2) is 66.7 Å². The Labute approximate surface area is 130 Å². The molecular formula is C20H18N2. The lowest BCUT2D eigenvalue weighted by molar-refractivity contribution is 1.03. The largest absolute Gasteiger partial charge is 0.384 e. The van der Waals surface area contributed by atoms with Crippen molar-refractivity contribution in [3.8, 4) is 0 Å². The van der Waals surface area contributed by atoms with Crippen molar-refractivity contribution >= 4 is 16.6 Å². The Bertz CT molecular complexity index is 852. The van der Waals surface area contributed by atoms with E-state index in [4.69, 9.17) is 11.1 Å². The van der Waals surface area contributed by atoms with Gasteiger partial charge in [0.1, 0.15) is 5.84 Å². The first-order chi connectivity index (χ1) is 10.7. The van der Waals surface area contributed by atoms with E-state index in [0.717, 1.165) is 10.9 Å². The van der Waals surface area contributed by atoms with Crippen molar-refractivity contribution in [3.63, 3.8) is 0 Å². The Kier molecular flexibility index (Phi) is 2.97. The summed E-state index contributed by atoms with van der Waals surface area (Å²) in [6.45, 7) is 0. The van der Waals surface area contributed by atoms with Crippen LogP contribution in [-0.4, -0.2) is 5.84 Å². The minimum absolute atomic E-state index is 0.123. The van der Waals surface area contributed by atoms with Crippen molar-refractivity contribution in [2.75, 3.05) is 0 Å². The first kappa shape index (κ1) is 13.1. The molecule has 0 aromatic heterocycles. The van der Waals surface area contributed by atoms with Crippen LogP contribution in [0.3, 0.4) is 0 Å². The van der Waals surface area contributed by atoms with Crippen molar-refractivity contribution in [1.29, 1.82) is 5.41 Å². The zero-order valence-corrected chi connectivity index (χ0v) is 12.3. The maximum atomic E-state index is 7.53. The lowest BCUT2D eigenvalue weighted by Crippen LogP contribution is -2.10. The van der Waals surface area contributed by atoms with Gasteiger partial charge in [0.25, 0.3) is 0 Å². The van der Waals surface area contributed by atoms with Crippen LogP contribution in [-0.2, 0) is 0 Å². The SMILES string of the molecule is N=C(N)c1ccc2cc([C@H]3C[C@@H]3c3ccccc3)ccc2c1. The monoisotopic (exact) mass is 286 g/mol. The summed E-state index contributed by atoms with van der Waals surface area (Å²) in [5, 5.41) is 9.90. The van der Waals surface area contributed by atoms with Crippen LogP contribution in [0, 0.1) is 5.41 Å². The van der Waals surface area contributed by atoms with Crippen LogP contribution >= 0.6 is 0 Å². The number of nitrogens with one attached hydrogen (secondary N) is 1. The topological polar surface area (TPSA) is 49.9 Å². The molecule has 0 aliphatic heterocycles. The van der Waals surface area contributed by atoms with E-state index in [2.05, 4.69) is 54.6 Å². The number of amidine groups is 1. The highest BCUT2D eigenvalue weighted by atomic mass is 14.7. The van der Waals surface area contributed by atoms with Gasteiger partial charge in [-0.1, -0.05) is 60.7 Å². The van der Waals surface area contributed by atoms with Crippen LogP contribution in [0.5, 0.6) is 0 Å². The molecule has 2 atom stereocenters. The van der Waals surface area contributed by atoms with E-state index in [-0.39, 0.29) is 5.84 Å². The molecule has 4 rings (SSSR count). The molecule has 1 aliphatic carbocycles. The molecule has 0 radical (unpaired) electrons. The summed E-state index contributed by atoms with van der Waals surface area (Å²) in [7, 11) is 0. The highest BCUT2D eigenvalue weighted by Crippen LogP contribution is 2.54. The highest BCUT2D eigenvalue weighted by Gasteiger charge is 2.39. The quantitative estimate of drug-likeness (QED) is 0.544. The standard InChI is InChI=1S/C20H18N2/c21-20(22)17-9-7-14-10-16(8-6-15(14)11-17)19-12-18(19)13-4-2-1-3-5-13/h1-11,18-19H,12H2,(H3,21,22)/t18-,19-/m1/s1. The van der Waals surface area contributed by atoms with Crippen LogP contribution < -0.4 is 5.73 Å². The molecule has 1 saturated carbocycles. The van der Waals surface area contributed by atoms with Gasteiger partial charge in [0.05, 0.1) is 0 Å². The average molecular weight is 286 g/mol. The zero-order chi connectivity index (χ0) is 15.1. The lowest BCUT2D eigenvalue weighted by Gasteiger charge is -2.06. The summed E-state index contributed by atoms with van der Waals surface area (Å²) in [5.41, 5.74) is 9.20. The number of nitrogens with two attached hydrogens (primary N) is 1. The van der Waals surface area contributed by atoms with Crippen LogP contribution in [0.1, 0.15) is 34.9 Å². The number of hydrogen-bond acceptors (Lipinski definition) is 1. The summed E-state index contributed by atoms with van der Waals surface area (Å²) >= 11 is 0. The van der Waals surface area contributed by atoms with E-state index in [1.54, 1.807) is 0 Å². The Balaban J connectivity index is 1.64. The van der Waals surface area contributed by atoms with Crippen molar-refractivity contribution in [2.24, 2.45) is 5.73 Å². The normalized spacial score (nSPS) is 20.0. The third kappa shape index (κ3) is 2.27. The Morgan fingerprint density at radius 3 is 2.27 bits per heavy atom. The number of nitrogen functional groups attached to an aromatic ring is 1.